The smallest absolute Gasteiger partial charge is 0.146 e. The highest BCUT2D eigenvalue weighted by Crippen LogP contribution is 2.35. The Morgan fingerprint density at radius 1 is 1.00 bits per heavy atom. The number of rotatable bonds is 5. The largest absolute Gasteiger partial charge is 0.494 e. The summed E-state index contributed by atoms with van der Waals surface area (Å²) in [7, 11) is 1.62. The molecule has 2 aromatic carbocycles. The Morgan fingerprint density at radius 3 is 2.67 bits per heavy atom. The maximum Gasteiger partial charge on any atom is 0.146 e. The van der Waals surface area contributed by atoms with Crippen molar-refractivity contribution in [3.63, 3.8) is 0 Å². The lowest BCUT2D eigenvalue weighted by Crippen LogP contribution is -1.93. The van der Waals surface area contributed by atoms with Gasteiger partial charge in [0, 0.05) is 27.8 Å². The summed E-state index contributed by atoms with van der Waals surface area (Å²) in [5.41, 5.74) is 3.00. The van der Waals surface area contributed by atoms with Gasteiger partial charge in [0.15, 0.2) is 0 Å². The van der Waals surface area contributed by atoms with Gasteiger partial charge in [-0.1, -0.05) is 48.0 Å². The van der Waals surface area contributed by atoms with Gasteiger partial charge in [-0.3, -0.25) is 4.98 Å². The highest BCUT2D eigenvalue weighted by Gasteiger charge is 2.13. The van der Waals surface area contributed by atoms with Gasteiger partial charge in [0.25, 0.3) is 0 Å². The lowest BCUT2D eigenvalue weighted by Gasteiger charge is -2.11. The lowest BCUT2D eigenvalue weighted by molar-refractivity contribution is 0.414. The van der Waals surface area contributed by atoms with Gasteiger partial charge in [0.1, 0.15) is 10.9 Å². The summed E-state index contributed by atoms with van der Waals surface area (Å²) < 4.78 is 5.45. The van der Waals surface area contributed by atoms with Gasteiger partial charge in [-0.05, 0) is 35.2 Å². The van der Waals surface area contributed by atoms with Crippen LogP contribution in [0.25, 0.3) is 22.0 Å². The third-order valence-electron chi connectivity index (χ3n) is 4.29. The summed E-state index contributed by atoms with van der Waals surface area (Å²) >= 11 is 7.93. The number of methoxy groups -OCH3 is 1. The van der Waals surface area contributed by atoms with Crippen LogP contribution >= 0.6 is 23.4 Å². The van der Waals surface area contributed by atoms with Crippen molar-refractivity contribution in [2.75, 3.05) is 7.11 Å². The molecule has 0 spiro atoms. The molecule has 2 aromatic heterocycles. The number of aromatic nitrogens is 2. The number of hydrogen-bond donors (Lipinski definition) is 0. The fourth-order valence-electron chi connectivity index (χ4n) is 2.97. The molecule has 0 saturated carbocycles. The molecule has 0 N–H and O–H groups in total. The molecule has 0 aliphatic carbocycles. The minimum atomic E-state index is 0.416. The van der Waals surface area contributed by atoms with Crippen LogP contribution in [0.5, 0.6) is 5.75 Å². The van der Waals surface area contributed by atoms with Crippen LogP contribution < -0.4 is 4.74 Å². The second-order valence-corrected chi connectivity index (χ2v) is 7.46. The first-order valence-electron chi connectivity index (χ1n) is 8.50. The first-order valence-corrected chi connectivity index (χ1v) is 9.86. The Hall–Kier alpha value is -2.56. The standard InChI is InChI=1S/C22H17ClN2OS/c1-26-20-13-25-21(23)12-19(20)22-18-8-7-17(11-16(18)9-10-24-22)27-14-15-5-3-2-4-6-15/h2-13H,14H2,1H3. The zero-order valence-electron chi connectivity index (χ0n) is 14.7. The minimum absolute atomic E-state index is 0.416. The summed E-state index contributed by atoms with van der Waals surface area (Å²) in [5.74, 6) is 1.60. The van der Waals surface area contributed by atoms with Crippen molar-refractivity contribution >= 4 is 34.1 Å². The fraction of sp³-hybridized carbons (Fsp3) is 0.0909. The first-order chi connectivity index (χ1) is 13.2. The SMILES string of the molecule is COc1cnc(Cl)cc1-c1nccc2cc(SCc3ccccc3)ccc12. The van der Waals surface area contributed by atoms with Gasteiger partial charge >= 0.3 is 0 Å². The Labute approximate surface area is 167 Å². The first kappa shape index (κ1) is 17.8. The van der Waals surface area contributed by atoms with Crippen molar-refractivity contribution in [1.82, 2.24) is 9.97 Å². The normalized spacial score (nSPS) is 10.9. The summed E-state index contributed by atoms with van der Waals surface area (Å²) in [5, 5.41) is 2.61. The van der Waals surface area contributed by atoms with Crippen molar-refractivity contribution in [2.45, 2.75) is 10.6 Å². The van der Waals surface area contributed by atoms with E-state index in [1.807, 2.05) is 30.1 Å². The second-order valence-electron chi connectivity index (χ2n) is 6.02. The van der Waals surface area contributed by atoms with Crippen molar-refractivity contribution in [3.05, 3.63) is 83.8 Å². The predicted molar refractivity (Wildman–Crippen MR) is 113 cm³/mol. The molecule has 0 fully saturated rings. The van der Waals surface area contributed by atoms with Crippen molar-refractivity contribution in [2.24, 2.45) is 0 Å². The fourth-order valence-corrected chi connectivity index (χ4v) is 4.02. The molecule has 0 aliphatic heterocycles. The van der Waals surface area contributed by atoms with E-state index in [1.54, 1.807) is 19.4 Å². The van der Waals surface area contributed by atoms with Gasteiger partial charge in [0.2, 0.25) is 0 Å². The zero-order chi connectivity index (χ0) is 18.6. The van der Waals surface area contributed by atoms with Crippen LogP contribution in [0.1, 0.15) is 5.56 Å². The zero-order valence-corrected chi connectivity index (χ0v) is 16.3. The van der Waals surface area contributed by atoms with Crippen LogP contribution in [-0.4, -0.2) is 17.1 Å². The van der Waals surface area contributed by atoms with Crippen molar-refractivity contribution in [3.8, 4) is 17.0 Å². The van der Waals surface area contributed by atoms with E-state index in [4.69, 9.17) is 16.3 Å². The van der Waals surface area contributed by atoms with Crippen LogP contribution in [0.15, 0.2) is 78.0 Å². The topological polar surface area (TPSA) is 35.0 Å². The quantitative estimate of drug-likeness (QED) is 0.297. The van der Waals surface area contributed by atoms with E-state index in [-0.39, 0.29) is 0 Å². The van der Waals surface area contributed by atoms with Gasteiger partial charge in [-0.2, -0.15) is 0 Å². The highest BCUT2D eigenvalue weighted by molar-refractivity contribution is 7.98. The molecule has 3 nitrogen and oxygen atoms in total. The molecule has 2 heterocycles. The van der Waals surface area contributed by atoms with Gasteiger partial charge in [-0.25, -0.2) is 4.98 Å². The number of halogens is 1. The predicted octanol–water partition coefficient (Wildman–Crippen LogP) is 6.25. The molecular weight excluding hydrogens is 376 g/mol. The molecule has 4 aromatic rings. The molecule has 5 heteroatoms. The number of thioether (sulfide) groups is 1. The Balaban J connectivity index is 1.70. The van der Waals surface area contributed by atoms with E-state index < -0.39 is 0 Å². The number of fused-ring (bicyclic) bond motifs is 1. The Bertz CT molecular complexity index is 1090. The van der Waals surface area contributed by atoms with Crippen LogP contribution in [-0.2, 0) is 5.75 Å². The molecular formula is C22H17ClN2OS. The summed E-state index contributed by atoms with van der Waals surface area (Å²) in [4.78, 5) is 9.89. The van der Waals surface area contributed by atoms with Crippen LogP contribution in [0.3, 0.4) is 0 Å². The molecule has 0 bridgehead atoms. The van der Waals surface area contributed by atoms with Crippen molar-refractivity contribution in [1.29, 1.82) is 0 Å². The molecule has 27 heavy (non-hydrogen) atoms. The highest BCUT2D eigenvalue weighted by atomic mass is 35.5. The summed E-state index contributed by atoms with van der Waals surface area (Å²) in [6.45, 7) is 0. The molecule has 0 amide bonds. The molecule has 4 rings (SSSR count). The van der Waals surface area contributed by atoms with Gasteiger partial charge in [0.05, 0.1) is 19.0 Å². The molecule has 0 saturated heterocycles. The minimum Gasteiger partial charge on any atom is -0.494 e. The lowest BCUT2D eigenvalue weighted by atomic mass is 10.0. The number of hydrogen-bond acceptors (Lipinski definition) is 4. The van der Waals surface area contributed by atoms with E-state index >= 15 is 0 Å². The summed E-state index contributed by atoms with van der Waals surface area (Å²) in [6.07, 6.45) is 3.44. The maximum atomic E-state index is 6.10. The molecule has 0 unspecified atom stereocenters. The molecule has 134 valence electrons. The van der Waals surface area contributed by atoms with E-state index in [0.717, 1.165) is 27.8 Å². The van der Waals surface area contributed by atoms with Gasteiger partial charge < -0.3 is 4.74 Å². The molecule has 0 aliphatic rings. The average Bonchev–Trinajstić information content (AvgIpc) is 2.72. The maximum absolute atomic E-state index is 6.10. The third-order valence-corrected chi connectivity index (χ3v) is 5.56. The monoisotopic (exact) mass is 392 g/mol. The summed E-state index contributed by atoms with van der Waals surface area (Å²) in [6, 6.07) is 20.7. The van der Waals surface area contributed by atoms with Crippen molar-refractivity contribution < 1.29 is 4.74 Å². The number of pyridine rings is 2. The Kier molecular flexibility index (Phi) is 5.28. The number of ether oxygens (including phenoxy) is 1. The van der Waals surface area contributed by atoms with Crippen LogP contribution in [0.4, 0.5) is 0 Å². The van der Waals surface area contributed by atoms with Gasteiger partial charge in [-0.15, -0.1) is 11.8 Å². The molecule has 0 atom stereocenters. The average molecular weight is 393 g/mol. The van der Waals surface area contributed by atoms with E-state index in [0.29, 0.717) is 10.9 Å². The molecule has 0 radical (unpaired) electrons. The number of nitrogens with zero attached hydrogens (tertiary/aromatic N) is 2. The van der Waals surface area contributed by atoms with E-state index in [2.05, 4.69) is 52.4 Å². The third kappa shape index (κ3) is 3.92. The van der Waals surface area contributed by atoms with E-state index in [1.165, 1.54) is 10.5 Å². The number of benzene rings is 2. The second kappa shape index (κ2) is 7.99. The van der Waals surface area contributed by atoms with E-state index in [9.17, 15) is 0 Å². The van der Waals surface area contributed by atoms with Crippen LogP contribution in [0, 0.1) is 0 Å². The Morgan fingerprint density at radius 2 is 1.85 bits per heavy atom. The van der Waals surface area contributed by atoms with Crippen LogP contribution in [0.2, 0.25) is 5.15 Å².